The van der Waals surface area contributed by atoms with Crippen LogP contribution in [0.5, 0.6) is 5.75 Å². The number of carboxylic acid groups (broad SMARTS) is 2. The van der Waals surface area contributed by atoms with E-state index < -0.39 is 23.9 Å². The fourth-order valence-electron chi connectivity index (χ4n) is 1.61. The molecule has 1 atom stereocenters. The number of carbonyl (C=O) groups excluding carboxylic acids is 1. The molecule has 0 aliphatic carbocycles. The molecule has 2 rings (SSSR count). The number of rotatable bonds is 5. The monoisotopic (exact) mass is 335 g/mol. The molecule has 1 heterocycles. The smallest absolute Gasteiger partial charge is 0.339 e. The number of nitrogens with two attached hydrogens (primary N) is 1. The molecule has 0 fully saturated rings. The highest BCUT2D eigenvalue weighted by atomic mass is 16.5. The second-order valence-corrected chi connectivity index (χ2v) is 4.62. The van der Waals surface area contributed by atoms with Crippen LogP contribution in [0, 0.1) is 0 Å². The van der Waals surface area contributed by atoms with Crippen molar-refractivity contribution in [1.82, 2.24) is 9.97 Å². The Labute approximate surface area is 137 Å². The van der Waals surface area contributed by atoms with E-state index in [1.807, 2.05) is 0 Å². The van der Waals surface area contributed by atoms with Crippen molar-refractivity contribution in [3.63, 3.8) is 0 Å². The van der Waals surface area contributed by atoms with Gasteiger partial charge in [0.25, 0.3) is 0 Å². The molecular weight excluding hydrogens is 318 g/mol. The average molecular weight is 335 g/mol. The SMILES string of the molecule is CC(=O)Oc1ccccc1C(=O)O.NC(Cc1cnc[nH]1)C(=O)O. The number of aliphatic carboxylic acids is 1. The number of carbonyl (C=O) groups is 3. The molecule has 1 unspecified atom stereocenters. The van der Waals surface area contributed by atoms with E-state index in [0.29, 0.717) is 0 Å². The van der Waals surface area contributed by atoms with Crippen LogP contribution in [0.3, 0.4) is 0 Å². The van der Waals surface area contributed by atoms with Gasteiger partial charge in [-0.05, 0) is 12.1 Å². The van der Waals surface area contributed by atoms with Gasteiger partial charge in [0.2, 0.25) is 0 Å². The van der Waals surface area contributed by atoms with Crippen LogP contribution in [0.1, 0.15) is 23.0 Å². The first-order valence-corrected chi connectivity index (χ1v) is 6.77. The van der Waals surface area contributed by atoms with Crippen LogP contribution >= 0.6 is 0 Å². The molecule has 2 aromatic rings. The van der Waals surface area contributed by atoms with E-state index in [-0.39, 0.29) is 17.7 Å². The number of ether oxygens (including phenoxy) is 1. The van der Waals surface area contributed by atoms with E-state index in [4.69, 9.17) is 15.9 Å². The lowest BCUT2D eigenvalue weighted by molar-refractivity contribution is -0.138. The summed E-state index contributed by atoms with van der Waals surface area (Å²) in [5.74, 6) is -2.58. The minimum absolute atomic E-state index is 0.0160. The number of aromatic carboxylic acids is 1. The van der Waals surface area contributed by atoms with E-state index in [0.717, 1.165) is 5.69 Å². The van der Waals surface area contributed by atoms with Gasteiger partial charge in [-0.2, -0.15) is 0 Å². The molecule has 0 saturated heterocycles. The van der Waals surface area contributed by atoms with Gasteiger partial charge in [-0.3, -0.25) is 9.59 Å². The minimum atomic E-state index is -1.11. The molecular formula is C15H17N3O6. The van der Waals surface area contributed by atoms with Crippen LogP contribution in [0.15, 0.2) is 36.8 Å². The third-order valence-electron chi connectivity index (χ3n) is 2.68. The largest absolute Gasteiger partial charge is 0.480 e. The van der Waals surface area contributed by atoms with Crippen molar-refractivity contribution in [2.75, 3.05) is 0 Å². The molecule has 128 valence electrons. The molecule has 9 heteroatoms. The van der Waals surface area contributed by atoms with Gasteiger partial charge in [-0.25, -0.2) is 9.78 Å². The van der Waals surface area contributed by atoms with Gasteiger partial charge in [-0.15, -0.1) is 0 Å². The van der Waals surface area contributed by atoms with E-state index in [1.54, 1.807) is 18.3 Å². The highest BCUT2D eigenvalue weighted by molar-refractivity contribution is 5.91. The zero-order valence-corrected chi connectivity index (χ0v) is 12.8. The topological polar surface area (TPSA) is 156 Å². The molecule has 0 spiro atoms. The summed E-state index contributed by atoms with van der Waals surface area (Å²) in [6.45, 7) is 1.22. The van der Waals surface area contributed by atoms with Gasteiger partial charge in [0, 0.05) is 25.2 Å². The van der Waals surface area contributed by atoms with Crippen LogP contribution < -0.4 is 10.5 Å². The van der Waals surface area contributed by atoms with Crippen molar-refractivity contribution >= 4 is 17.9 Å². The first kappa shape index (κ1) is 18.8. The maximum Gasteiger partial charge on any atom is 0.339 e. The quantitative estimate of drug-likeness (QED) is 0.459. The predicted octanol–water partition coefficient (Wildman–Crippen LogP) is 0.674. The molecule has 0 aliphatic rings. The van der Waals surface area contributed by atoms with E-state index in [1.165, 1.54) is 25.4 Å². The van der Waals surface area contributed by atoms with Gasteiger partial charge < -0.3 is 25.7 Å². The number of nitrogens with one attached hydrogen (secondary N) is 1. The Bertz CT molecular complexity index is 699. The first-order chi connectivity index (χ1) is 11.3. The van der Waals surface area contributed by atoms with Gasteiger partial charge in [0.1, 0.15) is 17.4 Å². The number of nitrogens with zero attached hydrogens (tertiary/aromatic N) is 1. The summed E-state index contributed by atoms with van der Waals surface area (Å²) in [6, 6.07) is 5.13. The van der Waals surface area contributed by atoms with Crippen molar-refractivity contribution in [3.05, 3.63) is 48.0 Å². The predicted molar refractivity (Wildman–Crippen MR) is 82.6 cm³/mol. The van der Waals surface area contributed by atoms with Crippen molar-refractivity contribution < 1.29 is 29.3 Å². The van der Waals surface area contributed by atoms with Gasteiger partial charge in [0.15, 0.2) is 0 Å². The fraction of sp³-hybridized carbons (Fsp3) is 0.200. The highest BCUT2D eigenvalue weighted by Crippen LogP contribution is 2.17. The van der Waals surface area contributed by atoms with Crippen molar-refractivity contribution in [2.45, 2.75) is 19.4 Å². The van der Waals surface area contributed by atoms with Crippen molar-refractivity contribution in [3.8, 4) is 5.75 Å². The molecule has 1 aromatic carbocycles. The second kappa shape index (κ2) is 9.06. The Morgan fingerprint density at radius 1 is 1.29 bits per heavy atom. The number of aromatic nitrogens is 2. The fourth-order valence-corrected chi connectivity index (χ4v) is 1.61. The summed E-state index contributed by atoms with van der Waals surface area (Å²) in [5.41, 5.74) is 5.98. The molecule has 24 heavy (non-hydrogen) atoms. The Kier molecular flexibility index (Phi) is 7.11. The van der Waals surface area contributed by atoms with Gasteiger partial charge in [0.05, 0.1) is 6.33 Å². The number of H-pyrrole nitrogens is 1. The molecule has 1 aromatic heterocycles. The molecule has 0 saturated carbocycles. The van der Waals surface area contributed by atoms with Crippen LogP contribution in [0.25, 0.3) is 0 Å². The summed E-state index contributed by atoms with van der Waals surface area (Å²) in [5, 5.41) is 17.1. The van der Waals surface area contributed by atoms with Crippen LogP contribution in [-0.2, 0) is 16.0 Å². The molecule has 0 radical (unpaired) electrons. The lowest BCUT2D eigenvalue weighted by atomic mass is 10.2. The zero-order chi connectivity index (χ0) is 18.1. The Morgan fingerprint density at radius 3 is 2.46 bits per heavy atom. The molecule has 5 N–H and O–H groups in total. The van der Waals surface area contributed by atoms with E-state index in [9.17, 15) is 14.4 Å². The van der Waals surface area contributed by atoms with Gasteiger partial charge in [-0.1, -0.05) is 12.1 Å². The van der Waals surface area contributed by atoms with Crippen LogP contribution in [0.2, 0.25) is 0 Å². The summed E-state index contributed by atoms with van der Waals surface area (Å²) in [7, 11) is 0. The van der Waals surface area contributed by atoms with Crippen molar-refractivity contribution in [2.24, 2.45) is 5.73 Å². The van der Waals surface area contributed by atoms with Crippen molar-refractivity contribution in [1.29, 1.82) is 0 Å². The molecule has 0 amide bonds. The number of imidazole rings is 1. The van der Waals surface area contributed by atoms with E-state index >= 15 is 0 Å². The molecule has 9 nitrogen and oxygen atoms in total. The highest BCUT2D eigenvalue weighted by Gasteiger charge is 2.12. The Morgan fingerprint density at radius 2 is 1.96 bits per heavy atom. The first-order valence-electron chi connectivity index (χ1n) is 6.77. The number of carboxylic acids is 2. The lowest BCUT2D eigenvalue weighted by Gasteiger charge is -2.03. The third kappa shape index (κ3) is 6.28. The average Bonchev–Trinajstić information content (AvgIpc) is 3.00. The summed E-state index contributed by atoms with van der Waals surface area (Å²) in [6.07, 6.45) is 3.34. The Hall–Kier alpha value is -3.20. The number of hydrogen-bond donors (Lipinski definition) is 4. The lowest BCUT2D eigenvalue weighted by Crippen LogP contribution is -2.32. The summed E-state index contributed by atoms with van der Waals surface area (Å²) in [4.78, 5) is 37.9. The number of aromatic amines is 1. The molecule has 0 bridgehead atoms. The number of benzene rings is 1. The summed E-state index contributed by atoms with van der Waals surface area (Å²) >= 11 is 0. The zero-order valence-electron chi connectivity index (χ0n) is 12.8. The number of esters is 1. The van der Waals surface area contributed by atoms with Crippen LogP contribution in [0.4, 0.5) is 0 Å². The summed E-state index contributed by atoms with van der Waals surface area (Å²) < 4.78 is 4.69. The minimum Gasteiger partial charge on any atom is -0.480 e. The second-order valence-electron chi connectivity index (χ2n) is 4.62. The van der Waals surface area contributed by atoms with E-state index in [2.05, 4.69) is 14.7 Å². The molecule has 0 aliphatic heterocycles. The standard InChI is InChI=1S/C9H8O4.C6H9N3O2/c1-6(10)13-8-5-3-2-4-7(8)9(11)12;7-5(6(10)11)1-4-2-8-3-9-4/h2-5H,1H3,(H,11,12);2-3,5H,1,7H2,(H,8,9)(H,10,11). The maximum absolute atomic E-state index is 10.6. The Balaban J connectivity index is 0.000000243. The van der Waals surface area contributed by atoms with Gasteiger partial charge >= 0.3 is 17.9 Å². The van der Waals surface area contributed by atoms with Crippen LogP contribution in [-0.4, -0.2) is 44.1 Å². The maximum atomic E-state index is 10.6. The number of para-hydroxylation sites is 1. The third-order valence-corrected chi connectivity index (χ3v) is 2.68. The normalized spacial score (nSPS) is 10.9. The number of hydrogen-bond acceptors (Lipinski definition) is 6.